The number of rotatable bonds is 7. The van der Waals surface area contributed by atoms with E-state index in [9.17, 15) is 23.6 Å². The molecular weight excluding hydrogens is 373 g/mol. The van der Waals surface area contributed by atoms with E-state index in [1.165, 1.54) is 18.2 Å². The highest BCUT2D eigenvalue weighted by Gasteiger charge is 2.30. The van der Waals surface area contributed by atoms with Gasteiger partial charge in [-0.3, -0.25) is 9.59 Å². The minimum Gasteiger partial charge on any atom is -0.463 e. The molecule has 0 radical (unpaired) electrons. The van der Waals surface area contributed by atoms with Crippen molar-refractivity contribution < 1.29 is 33.0 Å². The van der Waals surface area contributed by atoms with Gasteiger partial charge >= 0.3 is 18.0 Å². The molecule has 1 heterocycles. The fraction of sp³-hybridized carbons (Fsp3) is 0.333. The van der Waals surface area contributed by atoms with Crippen LogP contribution in [0, 0.1) is 5.82 Å². The normalized spacial score (nSPS) is 16.0. The number of nitrogens with one attached hydrogen (secondary N) is 3. The standard InChI is InChI=1S/C18H20FN3O6/c1-3-27-17(25)15-10(2)21-18(26)22-13(15)9-28-14(23)8-20-16(24)11-6-4-5-7-12(11)19/h4-7,10H,3,8-9H2,1-2H3,(H,20,24)(H2,21,22,26)/t10-/m1/s1. The second-order valence-electron chi connectivity index (χ2n) is 5.76. The third kappa shape index (κ3) is 5.29. The Morgan fingerprint density at radius 1 is 1.21 bits per heavy atom. The van der Waals surface area contributed by atoms with Crippen LogP contribution in [-0.2, 0) is 19.1 Å². The van der Waals surface area contributed by atoms with E-state index in [1.807, 2.05) is 0 Å². The zero-order valence-corrected chi connectivity index (χ0v) is 15.3. The van der Waals surface area contributed by atoms with Crippen LogP contribution in [-0.4, -0.2) is 49.7 Å². The second kappa shape index (κ2) is 9.49. The van der Waals surface area contributed by atoms with E-state index >= 15 is 0 Å². The lowest BCUT2D eigenvalue weighted by Gasteiger charge is -2.26. The number of esters is 2. The Labute approximate surface area is 160 Å². The molecule has 9 nitrogen and oxygen atoms in total. The van der Waals surface area contributed by atoms with Gasteiger partial charge in [-0.2, -0.15) is 0 Å². The predicted octanol–water partition coefficient (Wildman–Crippen LogP) is 0.617. The summed E-state index contributed by atoms with van der Waals surface area (Å²) in [6.07, 6.45) is 0. The molecule has 1 aliphatic rings. The Hall–Kier alpha value is -3.43. The third-order valence-electron chi connectivity index (χ3n) is 3.75. The van der Waals surface area contributed by atoms with Gasteiger partial charge < -0.3 is 25.4 Å². The zero-order chi connectivity index (χ0) is 20.7. The topological polar surface area (TPSA) is 123 Å². The molecule has 0 fully saturated rings. The first-order valence-electron chi connectivity index (χ1n) is 8.49. The molecule has 3 amide bonds. The van der Waals surface area contributed by atoms with Gasteiger partial charge in [-0.1, -0.05) is 12.1 Å². The molecule has 0 bridgehead atoms. The average molecular weight is 393 g/mol. The van der Waals surface area contributed by atoms with Crippen molar-refractivity contribution in [3.05, 3.63) is 46.9 Å². The van der Waals surface area contributed by atoms with Crippen LogP contribution in [0.3, 0.4) is 0 Å². The number of carbonyl (C=O) groups excluding carboxylic acids is 4. The summed E-state index contributed by atoms with van der Waals surface area (Å²) in [5.74, 6) is -2.98. The van der Waals surface area contributed by atoms with Gasteiger partial charge in [0.25, 0.3) is 5.91 Å². The summed E-state index contributed by atoms with van der Waals surface area (Å²) in [6.45, 7) is 2.44. The van der Waals surface area contributed by atoms with E-state index in [1.54, 1.807) is 13.8 Å². The molecule has 1 atom stereocenters. The first-order valence-corrected chi connectivity index (χ1v) is 8.49. The highest BCUT2D eigenvalue weighted by molar-refractivity contribution is 5.96. The molecule has 0 saturated carbocycles. The lowest BCUT2D eigenvalue weighted by molar-refractivity contribution is -0.142. The molecule has 3 N–H and O–H groups in total. The third-order valence-corrected chi connectivity index (χ3v) is 3.75. The molecule has 0 aliphatic carbocycles. The molecule has 150 valence electrons. The molecule has 28 heavy (non-hydrogen) atoms. The summed E-state index contributed by atoms with van der Waals surface area (Å²) in [4.78, 5) is 47.4. The quantitative estimate of drug-likeness (QED) is 0.584. The molecule has 0 spiro atoms. The van der Waals surface area contributed by atoms with E-state index < -0.39 is 48.9 Å². The van der Waals surface area contributed by atoms with Crippen molar-refractivity contribution in [2.24, 2.45) is 0 Å². The summed E-state index contributed by atoms with van der Waals surface area (Å²) >= 11 is 0. The van der Waals surface area contributed by atoms with E-state index in [4.69, 9.17) is 9.47 Å². The van der Waals surface area contributed by atoms with Crippen LogP contribution in [0.15, 0.2) is 35.5 Å². The number of hydrogen-bond acceptors (Lipinski definition) is 6. The first-order chi connectivity index (χ1) is 13.3. The fourth-order valence-corrected chi connectivity index (χ4v) is 2.49. The van der Waals surface area contributed by atoms with Crippen LogP contribution in [0.4, 0.5) is 9.18 Å². The van der Waals surface area contributed by atoms with Crippen molar-refractivity contribution in [1.29, 1.82) is 0 Å². The lowest BCUT2D eigenvalue weighted by Crippen LogP contribution is -2.50. The molecule has 2 rings (SSSR count). The Bertz CT molecular complexity index is 823. The second-order valence-corrected chi connectivity index (χ2v) is 5.76. The van der Waals surface area contributed by atoms with E-state index in [0.29, 0.717) is 0 Å². The van der Waals surface area contributed by atoms with Crippen LogP contribution in [0.2, 0.25) is 0 Å². The SMILES string of the molecule is CCOC(=O)C1=C(COC(=O)CNC(=O)c2ccccc2F)NC(=O)N[C@@H]1C. The Kier molecular flexibility index (Phi) is 7.08. The summed E-state index contributed by atoms with van der Waals surface area (Å²) in [7, 11) is 0. The van der Waals surface area contributed by atoms with Crippen molar-refractivity contribution in [2.45, 2.75) is 19.9 Å². The summed E-state index contributed by atoms with van der Waals surface area (Å²) in [6, 6.07) is 4.13. The van der Waals surface area contributed by atoms with Crippen molar-refractivity contribution in [1.82, 2.24) is 16.0 Å². The van der Waals surface area contributed by atoms with Crippen molar-refractivity contribution in [3.63, 3.8) is 0 Å². The highest BCUT2D eigenvalue weighted by atomic mass is 19.1. The maximum atomic E-state index is 13.5. The first kappa shape index (κ1) is 20.9. The number of halogens is 1. The van der Waals surface area contributed by atoms with E-state index in [2.05, 4.69) is 16.0 Å². The molecule has 1 aromatic carbocycles. The van der Waals surface area contributed by atoms with Gasteiger partial charge in [0.2, 0.25) is 0 Å². The minimum absolute atomic E-state index is 0.0866. The summed E-state index contributed by atoms with van der Waals surface area (Å²) < 4.78 is 23.5. The monoisotopic (exact) mass is 393 g/mol. The molecular formula is C18H20FN3O6. The van der Waals surface area contributed by atoms with Crippen LogP contribution < -0.4 is 16.0 Å². The Morgan fingerprint density at radius 3 is 2.61 bits per heavy atom. The average Bonchev–Trinajstić information content (AvgIpc) is 2.64. The number of carbonyl (C=O) groups is 4. The predicted molar refractivity (Wildman–Crippen MR) is 94.5 cm³/mol. The maximum absolute atomic E-state index is 13.5. The molecule has 0 unspecified atom stereocenters. The molecule has 0 saturated heterocycles. The van der Waals surface area contributed by atoms with E-state index in [-0.39, 0.29) is 23.4 Å². The van der Waals surface area contributed by atoms with Crippen LogP contribution >= 0.6 is 0 Å². The fourth-order valence-electron chi connectivity index (χ4n) is 2.49. The molecule has 1 aliphatic heterocycles. The van der Waals surface area contributed by atoms with Gasteiger partial charge in [-0.05, 0) is 26.0 Å². The number of ether oxygens (including phenoxy) is 2. The van der Waals surface area contributed by atoms with Crippen molar-refractivity contribution >= 4 is 23.9 Å². The number of amides is 3. The van der Waals surface area contributed by atoms with Crippen LogP contribution in [0.5, 0.6) is 0 Å². The van der Waals surface area contributed by atoms with Gasteiger partial charge in [0.15, 0.2) is 0 Å². The molecule has 10 heteroatoms. The van der Waals surface area contributed by atoms with Gasteiger partial charge in [0.05, 0.1) is 29.5 Å². The van der Waals surface area contributed by atoms with Crippen LogP contribution in [0.25, 0.3) is 0 Å². The van der Waals surface area contributed by atoms with Crippen molar-refractivity contribution in [3.8, 4) is 0 Å². The number of urea groups is 1. The Morgan fingerprint density at radius 2 is 1.93 bits per heavy atom. The zero-order valence-electron chi connectivity index (χ0n) is 15.3. The smallest absolute Gasteiger partial charge is 0.338 e. The van der Waals surface area contributed by atoms with Gasteiger partial charge in [0, 0.05) is 0 Å². The highest BCUT2D eigenvalue weighted by Crippen LogP contribution is 2.14. The number of benzene rings is 1. The lowest BCUT2D eigenvalue weighted by atomic mass is 10.0. The van der Waals surface area contributed by atoms with Gasteiger partial charge in [-0.15, -0.1) is 0 Å². The number of hydrogen-bond donors (Lipinski definition) is 3. The van der Waals surface area contributed by atoms with Gasteiger partial charge in [-0.25, -0.2) is 14.0 Å². The van der Waals surface area contributed by atoms with E-state index in [0.717, 1.165) is 6.07 Å². The molecule has 0 aromatic heterocycles. The summed E-state index contributed by atoms with van der Waals surface area (Å²) in [5.41, 5.74) is 0.00942. The van der Waals surface area contributed by atoms with Gasteiger partial charge in [0.1, 0.15) is 19.0 Å². The molecule has 1 aromatic rings. The van der Waals surface area contributed by atoms with Crippen LogP contribution in [0.1, 0.15) is 24.2 Å². The van der Waals surface area contributed by atoms with Crippen molar-refractivity contribution in [2.75, 3.05) is 19.8 Å². The summed E-state index contributed by atoms with van der Waals surface area (Å²) in [5, 5.41) is 7.15. The minimum atomic E-state index is -0.833. The maximum Gasteiger partial charge on any atom is 0.338 e. The Balaban J connectivity index is 1.96. The largest absolute Gasteiger partial charge is 0.463 e.